The van der Waals surface area contributed by atoms with Gasteiger partial charge in [0.2, 0.25) is 5.91 Å². The summed E-state index contributed by atoms with van der Waals surface area (Å²) in [5, 5.41) is 9.05. The molecule has 0 atom stereocenters. The number of rotatable bonds is 7. The predicted octanol–water partition coefficient (Wildman–Crippen LogP) is 2.80. The average molecular weight is 426 g/mol. The molecule has 4 N–H and O–H groups in total. The van der Waals surface area contributed by atoms with Crippen molar-refractivity contribution in [2.45, 2.75) is 6.42 Å². The van der Waals surface area contributed by atoms with Crippen LogP contribution in [0, 0.1) is 0 Å². The maximum absolute atomic E-state index is 12.4. The molecule has 30 heavy (non-hydrogen) atoms. The van der Waals surface area contributed by atoms with Crippen LogP contribution in [0.2, 0.25) is 0 Å². The number of morpholine rings is 1. The SMILES string of the molecule is NC(=O)c1nc(Nc2ccc3ccccc3c2)sc1NC(=O)CCN1CCOCC1. The minimum atomic E-state index is -0.679. The first-order valence-corrected chi connectivity index (χ1v) is 10.6. The fraction of sp³-hybridized carbons (Fsp3) is 0.286. The van der Waals surface area contributed by atoms with Crippen LogP contribution in [-0.4, -0.2) is 54.5 Å². The number of carbonyl (C=O) groups excluding carboxylic acids is 2. The Kier molecular flexibility index (Phi) is 6.22. The quantitative estimate of drug-likeness (QED) is 0.537. The van der Waals surface area contributed by atoms with Crippen molar-refractivity contribution >= 4 is 49.7 Å². The minimum Gasteiger partial charge on any atom is -0.379 e. The Labute approximate surface area is 178 Å². The highest BCUT2D eigenvalue weighted by Crippen LogP contribution is 2.31. The molecule has 0 unspecified atom stereocenters. The van der Waals surface area contributed by atoms with Gasteiger partial charge in [0.1, 0.15) is 5.00 Å². The molecule has 2 amide bonds. The highest BCUT2D eigenvalue weighted by Gasteiger charge is 2.19. The first kappa shape index (κ1) is 20.3. The maximum Gasteiger partial charge on any atom is 0.270 e. The van der Waals surface area contributed by atoms with Crippen LogP contribution >= 0.6 is 11.3 Å². The molecule has 0 saturated carbocycles. The molecule has 0 radical (unpaired) electrons. The first-order valence-electron chi connectivity index (χ1n) is 9.75. The highest BCUT2D eigenvalue weighted by molar-refractivity contribution is 7.20. The molecular formula is C21H23N5O3S. The molecule has 1 fully saturated rings. The van der Waals surface area contributed by atoms with Crippen molar-refractivity contribution in [3.8, 4) is 0 Å². The van der Waals surface area contributed by atoms with E-state index in [2.05, 4.69) is 20.5 Å². The van der Waals surface area contributed by atoms with Crippen molar-refractivity contribution in [3.05, 3.63) is 48.2 Å². The lowest BCUT2D eigenvalue weighted by atomic mass is 10.1. The summed E-state index contributed by atoms with van der Waals surface area (Å²) < 4.78 is 5.31. The topological polar surface area (TPSA) is 110 Å². The molecule has 8 nitrogen and oxygen atoms in total. The third-order valence-electron chi connectivity index (χ3n) is 4.87. The zero-order valence-electron chi connectivity index (χ0n) is 16.4. The van der Waals surface area contributed by atoms with Crippen LogP contribution in [0.1, 0.15) is 16.9 Å². The van der Waals surface area contributed by atoms with Crippen LogP contribution in [0.3, 0.4) is 0 Å². The summed E-state index contributed by atoms with van der Waals surface area (Å²) in [5.74, 6) is -0.855. The lowest BCUT2D eigenvalue weighted by Gasteiger charge is -2.26. The lowest BCUT2D eigenvalue weighted by Crippen LogP contribution is -2.38. The van der Waals surface area contributed by atoms with E-state index in [9.17, 15) is 9.59 Å². The Balaban J connectivity index is 1.44. The summed E-state index contributed by atoms with van der Waals surface area (Å²) in [5.41, 5.74) is 6.36. The van der Waals surface area contributed by atoms with Crippen molar-refractivity contribution in [1.82, 2.24) is 9.88 Å². The number of nitrogens with zero attached hydrogens (tertiary/aromatic N) is 2. The van der Waals surface area contributed by atoms with Gasteiger partial charge in [-0.15, -0.1) is 0 Å². The summed E-state index contributed by atoms with van der Waals surface area (Å²) >= 11 is 1.19. The summed E-state index contributed by atoms with van der Waals surface area (Å²) in [7, 11) is 0. The number of ether oxygens (including phenoxy) is 1. The summed E-state index contributed by atoms with van der Waals surface area (Å²) in [6.45, 7) is 3.65. The number of hydrogen-bond donors (Lipinski definition) is 3. The van der Waals surface area contributed by atoms with Crippen LogP contribution in [0.5, 0.6) is 0 Å². The van der Waals surface area contributed by atoms with E-state index in [1.807, 2.05) is 42.5 Å². The second-order valence-electron chi connectivity index (χ2n) is 7.00. The zero-order valence-corrected chi connectivity index (χ0v) is 17.2. The number of hydrogen-bond acceptors (Lipinski definition) is 7. The Morgan fingerprint density at radius 1 is 1.13 bits per heavy atom. The van der Waals surface area contributed by atoms with Crippen molar-refractivity contribution < 1.29 is 14.3 Å². The van der Waals surface area contributed by atoms with Crippen LogP contribution in [0.15, 0.2) is 42.5 Å². The number of thiazole rings is 1. The molecule has 3 aromatic rings. The molecule has 1 aliphatic heterocycles. The van der Waals surface area contributed by atoms with E-state index in [0.29, 0.717) is 36.3 Å². The first-order chi connectivity index (χ1) is 14.6. The molecular weight excluding hydrogens is 402 g/mol. The lowest BCUT2D eigenvalue weighted by molar-refractivity contribution is -0.116. The molecule has 156 valence electrons. The van der Waals surface area contributed by atoms with Crippen molar-refractivity contribution in [3.63, 3.8) is 0 Å². The number of anilines is 3. The minimum absolute atomic E-state index is 0.0583. The van der Waals surface area contributed by atoms with Gasteiger partial charge in [-0.05, 0) is 22.9 Å². The fourth-order valence-electron chi connectivity index (χ4n) is 3.29. The maximum atomic E-state index is 12.4. The molecule has 9 heteroatoms. The Morgan fingerprint density at radius 3 is 2.67 bits per heavy atom. The van der Waals surface area contributed by atoms with E-state index in [1.54, 1.807) is 0 Å². The smallest absolute Gasteiger partial charge is 0.270 e. The van der Waals surface area contributed by atoms with E-state index < -0.39 is 5.91 Å². The number of nitrogens with two attached hydrogens (primary N) is 1. The number of fused-ring (bicyclic) bond motifs is 1. The Hall–Kier alpha value is -3.01. The van der Waals surface area contributed by atoms with Gasteiger partial charge in [0, 0.05) is 31.7 Å². The molecule has 1 aliphatic rings. The van der Waals surface area contributed by atoms with E-state index in [0.717, 1.165) is 29.5 Å². The van der Waals surface area contributed by atoms with Crippen LogP contribution in [-0.2, 0) is 9.53 Å². The van der Waals surface area contributed by atoms with Gasteiger partial charge in [-0.3, -0.25) is 14.5 Å². The van der Waals surface area contributed by atoms with Crippen LogP contribution in [0.4, 0.5) is 15.8 Å². The zero-order chi connectivity index (χ0) is 20.9. The number of amides is 2. The van der Waals surface area contributed by atoms with Gasteiger partial charge in [0.25, 0.3) is 5.91 Å². The van der Waals surface area contributed by atoms with Gasteiger partial charge in [0.15, 0.2) is 10.8 Å². The number of carbonyl (C=O) groups is 2. The molecule has 0 bridgehead atoms. The van der Waals surface area contributed by atoms with E-state index in [1.165, 1.54) is 11.3 Å². The van der Waals surface area contributed by atoms with Gasteiger partial charge in [-0.2, -0.15) is 0 Å². The van der Waals surface area contributed by atoms with Crippen molar-refractivity contribution in [2.75, 3.05) is 43.5 Å². The highest BCUT2D eigenvalue weighted by atomic mass is 32.1. The van der Waals surface area contributed by atoms with Crippen LogP contribution < -0.4 is 16.4 Å². The Morgan fingerprint density at radius 2 is 1.90 bits per heavy atom. The normalized spacial score (nSPS) is 14.5. The monoisotopic (exact) mass is 425 g/mol. The molecule has 2 aromatic carbocycles. The molecule has 0 aliphatic carbocycles. The third-order valence-corrected chi connectivity index (χ3v) is 5.76. The van der Waals surface area contributed by atoms with Gasteiger partial charge in [-0.25, -0.2) is 4.98 Å². The van der Waals surface area contributed by atoms with Crippen molar-refractivity contribution in [1.29, 1.82) is 0 Å². The largest absolute Gasteiger partial charge is 0.379 e. The third kappa shape index (κ3) is 4.93. The number of benzene rings is 2. The summed E-state index contributed by atoms with van der Waals surface area (Å²) in [6, 6.07) is 14.0. The molecule has 2 heterocycles. The van der Waals surface area contributed by atoms with Crippen molar-refractivity contribution in [2.24, 2.45) is 5.73 Å². The van der Waals surface area contributed by atoms with Gasteiger partial charge in [-0.1, -0.05) is 41.7 Å². The summed E-state index contributed by atoms with van der Waals surface area (Å²) in [4.78, 5) is 30.7. The average Bonchev–Trinajstić information content (AvgIpc) is 3.15. The van der Waals surface area contributed by atoms with E-state index >= 15 is 0 Å². The predicted molar refractivity (Wildman–Crippen MR) is 118 cm³/mol. The standard InChI is InChI=1S/C21H23N5O3S/c22-19(28)18-20(24-17(27)7-8-26-9-11-29-12-10-26)30-21(25-18)23-16-6-5-14-3-1-2-4-15(14)13-16/h1-6,13H,7-12H2,(H2,22,28)(H,23,25)(H,24,27). The van der Waals surface area contributed by atoms with Gasteiger partial charge < -0.3 is 21.1 Å². The van der Waals surface area contributed by atoms with Crippen LogP contribution in [0.25, 0.3) is 10.8 Å². The fourth-order valence-corrected chi connectivity index (χ4v) is 4.20. The van der Waals surface area contributed by atoms with E-state index in [4.69, 9.17) is 10.5 Å². The van der Waals surface area contributed by atoms with Gasteiger partial charge >= 0.3 is 0 Å². The molecule has 1 aromatic heterocycles. The second-order valence-corrected chi connectivity index (χ2v) is 8.00. The number of aromatic nitrogens is 1. The molecule has 4 rings (SSSR count). The number of primary amides is 1. The van der Waals surface area contributed by atoms with E-state index in [-0.39, 0.29) is 11.6 Å². The Bertz CT molecular complexity index is 1060. The molecule has 0 spiro atoms. The molecule has 1 saturated heterocycles. The van der Waals surface area contributed by atoms with Gasteiger partial charge in [0.05, 0.1) is 13.2 Å². The summed E-state index contributed by atoms with van der Waals surface area (Å²) in [6.07, 6.45) is 0.323. The number of nitrogens with one attached hydrogen (secondary N) is 2. The second kappa shape index (κ2) is 9.21.